The fourth-order valence-corrected chi connectivity index (χ4v) is 7.03. The van der Waals surface area contributed by atoms with Gasteiger partial charge in [-0.2, -0.15) is 0 Å². The van der Waals surface area contributed by atoms with Gasteiger partial charge in [0.1, 0.15) is 0 Å². The van der Waals surface area contributed by atoms with Crippen LogP contribution >= 0.6 is 0 Å². The Hall–Kier alpha value is -4.64. The molecule has 0 radical (unpaired) electrons. The van der Waals surface area contributed by atoms with E-state index in [2.05, 4.69) is 26.4 Å². The van der Waals surface area contributed by atoms with Crippen molar-refractivity contribution in [2.45, 2.75) is 49.5 Å². The van der Waals surface area contributed by atoms with Crippen LogP contribution in [0.5, 0.6) is 0 Å². The molecule has 2 N–H and O–H groups in total. The normalized spacial score (nSPS) is 18.4. The summed E-state index contributed by atoms with van der Waals surface area (Å²) in [6.07, 6.45) is 1.52. The van der Waals surface area contributed by atoms with E-state index in [1.54, 1.807) is 30.3 Å². The van der Waals surface area contributed by atoms with Gasteiger partial charge in [-0.25, -0.2) is 18.1 Å². The number of aromatic nitrogens is 2. The first-order chi connectivity index (χ1) is 22.9. The smallest absolute Gasteiger partial charge is 0.240 e. The van der Waals surface area contributed by atoms with E-state index in [4.69, 9.17) is 9.47 Å². The first-order valence-corrected chi connectivity index (χ1v) is 17.1. The number of aliphatic hydroxyl groups is 1. The predicted molar refractivity (Wildman–Crippen MR) is 181 cm³/mol. The van der Waals surface area contributed by atoms with Crippen LogP contribution in [0.3, 0.4) is 0 Å². The number of para-hydroxylation sites is 2. The Balaban J connectivity index is 1.13. The van der Waals surface area contributed by atoms with Crippen LogP contribution < -0.4 is 4.72 Å². The fraction of sp³-hybridized carbons (Fsp3) is 0.184. The summed E-state index contributed by atoms with van der Waals surface area (Å²) >= 11 is 0. The summed E-state index contributed by atoms with van der Waals surface area (Å²) < 4.78 is 43.6. The molecule has 6 aromatic rings. The lowest BCUT2D eigenvalue weighted by atomic mass is 9.98. The first-order valence-electron chi connectivity index (χ1n) is 15.6. The van der Waals surface area contributed by atoms with E-state index in [0.29, 0.717) is 13.0 Å². The van der Waals surface area contributed by atoms with Crippen molar-refractivity contribution >= 4 is 21.1 Å². The van der Waals surface area contributed by atoms with Crippen molar-refractivity contribution in [3.63, 3.8) is 0 Å². The topological polar surface area (TPSA) is 103 Å². The summed E-state index contributed by atoms with van der Waals surface area (Å²) in [6, 6.07) is 40.2. The lowest BCUT2D eigenvalue weighted by molar-refractivity contribution is -0.252. The first kappa shape index (κ1) is 31.0. The highest BCUT2D eigenvalue weighted by atomic mass is 32.2. The maximum atomic E-state index is 12.8. The molecule has 0 aliphatic carbocycles. The molecular formula is C38H35N3O5S. The third kappa shape index (κ3) is 7.05. The average molecular weight is 646 g/mol. The Bertz CT molecular complexity index is 2080. The standard InChI is InChI=1S/C38H35N3O5S/c42-25-27-16-18-29(19-17-27)37-22-33(24-41-26-39-35-14-4-5-15-36(35)41)45-38(46-37)32-11-7-10-31(21-32)30-9-6-8-28(20-30)23-40-47(43,44)34-12-2-1-3-13-34/h1-21,26,33,37-38,40,42H,22-25H2/t33-,37+,38+/m0/s1. The van der Waals surface area contributed by atoms with Crippen LogP contribution in [0.15, 0.2) is 139 Å². The second-order valence-electron chi connectivity index (χ2n) is 11.7. The monoisotopic (exact) mass is 645 g/mol. The quantitative estimate of drug-likeness (QED) is 0.168. The number of rotatable bonds is 10. The highest BCUT2D eigenvalue weighted by molar-refractivity contribution is 7.89. The molecular weight excluding hydrogens is 611 g/mol. The Kier molecular flexibility index (Phi) is 8.97. The number of nitrogens with zero attached hydrogens (tertiary/aromatic N) is 2. The SMILES string of the molecule is O=S(=O)(NCc1cccc(-c2cccc([C@@H]3O[C@H](Cn4cnc5ccccc54)C[C@H](c4ccc(CO)cc4)O3)c2)c1)c1ccccc1. The lowest BCUT2D eigenvalue weighted by Crippen LogP contribution is -2.32. The number of ether oxygens (including phenoxy) is 2. The average Bonchev–Trinajstić information content (AvgIpc) is 3.53. The van der Waals surface area contributed by atoms with Gasteiger partial charge >= 0.3 is 0 Å². The molecule has 0 saturated carbocycles. The van der Waals surface area contributed by atoms with E-state index in [-0.39, 0.29) is 30.3 Å². The van der Waals surface area contributed by atoms with E-state index in [1.807, 2.05) is 91.3 Å². The van der Waals surface area contributed by atoms with Gasteiger partial charge in [-0.05, 0) is 64.2 Å². The number of imidazole rings is 1. The molecule has 5 aromatic carbocycles. The second-order valence-corrected chi connectivity index (χ2v) is 13.5. The van der Waals surface area contributed by atoms with Gasteiger partial charge in [0.25, 0.3) is 0 Å². The van der Waals surface area contributed by atoms with Crippen molar-refractivity contribution in [3.05, 3.63) is 156 Å². The minimum Gasteiger partial charge on any atom is -0.392 e. The highest BCUT2D eigenvalue weighted by Gasteiger charge is 2.33. The molecule has 1 saturated heterocycles. The highest BCUT2D eigenvalue weighted by Crippen LogP contribution is 2.39. The maximum absolute atomic E-state index is 12.8. The molecule has 1 aliphatic rings. The lowest BCUT2D eigenvalue weighted by Gasteiger charge is -2.36. The molecule has 1 aliphatic heterocycles. The van der Waals surface area contributed by atoms with Gasteiger partial charge in [0.2, 0.25) is 10.0 Å². The molecule has 8 nitrogen and oxygen atoms in total. The molecule has 1 fully saturated rings. The van der Waals surface area contributed by atoms with Crippen LogP contribution in [0, 0.1) is 0 Å². The van der Waals surface area contributed by atoms with Crippen molar-refractivity contribution in [1.29, 1.82) is 0 Å². The molecule has 0 spiro atoms. The minimum atomic E-state index is -3.63. The molecule has 0 bridgehead atoms. The summed E-state index contributed by atoms with van der Waals surface area (Å²) in [7, 11) is -3.63. The number of benzene rings is 5. The third-order valence-corrected chi connectivity index (χ3v) is 9.90. The Morgan fingerprint density at radius 1 is 0.766 bits per heavy atom. The van der Waals surface area contributed by atoms with Gasteiger partial charge in [0.15, 0.2) is 6.29 Å². The molecule has 0 unspecified atom stereocenters. The minimum absolute atomic E-state index is 0.0131. The van der Waals surface area contributed by atoms with Crippen LogP contribution in [0.1, 0.15) is 41.1 Å². The van der Waals surface area contributed by atoms with Crippen LogP contribution in [-0.2, 0) is 39.2 Å². The van der Waals surface area contributed by atoms with Gasteiger partial charge < -0.3 is 19.1 Å². The zero-order valence-corrected chi connectivity index (χ0v) is 26.5. The number of hydrogen-bond donors (Lipinski definition) is 2. The van der Waals surface area contributed by atoms with Gasteiger partial charge in [-0.15, -0.1) is 0 Å². The maximum Gasteiger partial charge on any atom is 0.240 e. The molecule has 47 heavy (non-hydrogen) atoms. The summed E-state index contributed by atoms with van der Waals surface area (Å²) in [5.41, 5.74) is 7.52. The molecule has 238 valence electrons. The summed E-state index contributed by atoms with van der Waals surface area (Å²) in [4.78, 5) is 4.80. The summed E-state index contributed by atoms with van der Waals surface area (Å²) in [5, 5.41) is 9.56. The summed E-state index contributed by atoms with van der Waals surface area (Å²) in [6.45, 7) is 0.772. The van der Waals surface area contributed by atoms with E-state index in [0.717, 1.165) is 44.4 Å². The van der Waals surface area contributed by atoms with E-state index < -0.39 is 16.3 Å². The molecule has 3 atom stereocenters. The molecule has 7 rings (SSSR count). The van der Waals surface area contributed by atoms with Crippen LogP contribution in [0.25, 0.3) is 22.2 Å². The predicted octanol–water partition coefficient (Wildman–Crippen LogP) is 6.92. The van der Waals surface area contributed by atoms with Crippen molar-refractivity contribution in [3.8, 4) is 11.1 Å². The van der Waals surface area contributed by atoms with E-state index in [9.17, 15) is 13.5 Å². The zero-order valence-electron chi connectivity index (χ0n) is 25.6. The largest absolute Gasteiger partial charge is 0.392 e. The summed E-state index contributed by atoms with van der Waals surface area (Å²) in [5.74, 6) is 0. The molecule has 1 aromatic heterocycles. The second kappa shape index (κ2) is 13.6. The molecule has 2 heterocycles. The van der Waals surface area contributed by atoms with Crippen LogP contribution in [0.2, 0.25) is 0 Å². The number of fused-ring (bicyclic) bond motifs is 1. The van der Waals surface area contributed by atoms with Crippen molar-refractivity contribution in [2.24, 2.45) is 0 Å². The zero-order chi connectivity index (χ0) is 32.2. The Morgan fingerprint density at radius 2 is 1.51 bits per heavy atom. The van der Waals surface area contributed by atoms with E-state index >= 15 is 0 Å². The number of sulfonamides is 1. The Labute approximate surface area is 274 Å². The van der Waals surface area contributed by atoms with Gasteiger partial charge in [-0.3, -0.25) is 0 Å². The van der Waals surface area contributed by atoms with Crippen molar-refractivity contribution in [1.82, 2.24) is 14.3 Å². The number of aliphatic hydroxyl groups excluding tert-OH is 1. The third-order valence-electron chi connectivity index (χ3n) is 8.48. The Morgan fingerprint density at radius 3 is 2.32 bits per heavy atom. The van der Waals surface area contributed by atoms with Crippen molar-refractivity contribution in [2.75, 3.05) is 0 Å². The van der Waals surface area contributed by atoms with Crippen LogP contribution in [-0.4, -0.2) is 29.2 Å². The van der Waals surface area contributed by atoms with Crippen LogP contribution in [0.4, 0.5) is 0 Å². The van der Waals surface area contributed by atoms with E-state index in [1.165, 1.54) is 0 Å². The number of hydrogen-bond acceptors (Lipinski definition) is 6. The molecule has 0 amide bonds. The molecule has 9 heteroatoms. The fourth-order valence-electron chi connectivity index (χ4n) is 6.00. The van der Waals surface area contributed by atoms with Gasteiger partial charge in [-0.1, -0.05) is 91.0 Å². The van der Waals surface area contributed by atoms with Gasteiger partial charge in [0.05, 0.1) is 47.6 Å². The number of nitrogens with one attached hydrogen (secondary N) is 1. The van der Waals surface area contributed by atoms with Crippen molar-refractivity contribution < 1.29 is 23.0 Å². The van der Waals surface area contributed by atoms with Gasteiger partial charge in [0, 0.05) is 18.5 Å².